The van der Waals surface area contributed by atoms with Gasteiger partial charge in [-0.2, -0.15) is 0 Å². The molecule has 0 bridgehead atoms. The molecule has 1 heteroatoms. The summed E-state index contributed by atoms with van der Waals surface area (Å²) in [5, 5.41) is 3.98. The Bertz CT molecular complexity index is 148. The van der Waals surface area contributed by atoms with E-state index >= 15 is 0 Å². The predicted molar refractivity (Wildman–Crippen MR) is 63.6 cm³/mol. The molecule has 1 nitrogen and oxygen atoms in total. The molecule has 1 fully saturated rings. The maximum atomic E-state index is 3.98. The quantitative estimate of drug-likeness (QED) is 0.721. The zero-order valence-corrected chi connectivity index (χ0v) is 10.4. The summed E-state index contributed by atoms with van der Waals surface area (Å²) in [6.45, 7) is 9.32. The Balaban J connectivity index is 2.75. The van der Waals surface area contributed by atoms with Crippen molar-refractivity contribution in [2.75, 3.05) is 0 Å². The van der Waals surface area contributed by atoms with Crippen molar-refractivity contribution in [1.29, 1.82) is 0 Å². The highest BCUT2D eigenvalue weighted by atomic mass is 15.1. The molecule has 0 aliphatic carbocycles. The van der Waals surface area contributed by atoms with E-state index in [1.54, 1.807) is 0 Å². The molecular weight excluding hydrogens is 170 g/mol. The first kappa shape index (κ1) is 12.0. The van der Waals surface area contributed by atoms with Crippen LogP contribution in [0.15, 0.2) is 0 Å². The van der Waals surface area contributed by atoms with Gasteiger partial charge in [-0.3, -0.25) is 0 Å². The fourth-order valence-corrected chi connectivity index (χ4v) is 3.01. The zero-order valence-electron chi connectivity index (χ0n) is 10.4. The van der Waals surface area contributed by atoms with Gasteiger partial charge in [0.1, 0.15) is 0 Å². The molecule has 1 heterocycles. The van der Waals surface area contributed by atoms with Gasteiger partial charge < -0.3 is 5.32 Å². The number of hydrogen-bond acceptors (Lipinski definition) is 1. The van der Waals surface area contributed by atoms with E-state index in [0.29, 0.717) is 11.1 Å². The van der Waals surface area contributed by atoms with Crippen molar-refractivity contribution in [3.8, 4) is 0 Å². The van der Waals surface area contributed by atoms with Crippen molar-refractivity contribution in [2.45, 2.75) is 83.7 Å². The van der Waals surface area contributed by atoms with Crippen LogP contribution in [-0.4, -0.2) is 11.1 Å². The van der Waals surface area contributed by atoms with E-state index < -0.39 is 0 Å². The van der Waals surface area contributed by atoms with Gasteiger partial charge in [0.2, 0.25) is 0 Å². The lowest BCUT2D eigenvalue weighted by molar-refractivity contribution is 0.110. The first-order valence-corrected chi connectivity index (χ1v) is 6.45. The molecule has 0 spiro atoms. The van der Waals surface area contributed by atoms with E-state index in [4.69, 9.17) is 0 Å². The van der Waals surface area contributed by atoms with E-state index in [2.05, 4.69) is 33.0 Å². The second-order valence-corrected chi connectivity index (χ2v) is 4.95. The number of rotatable bonds is 4. The van der Waals surface area contributed by atoms with Crippen LogP contribution in [0.3, 0.4) is 0 Å². The Kier molecular flexibility index (Phi) is 4.00. The van der Waals surface area contributed by atoms with Gasteiger partial charge in [0.05, 0.1) is 0 Å². The number of piperidine rings is 1. The van der Waals surface area contributed by atoms with Gasteiger partial charge in [-0.1, -0.05) is 27.7 Å². The van der Waals surface area contributed by atoms with Crippen molar-refractivity contribution in [1.82, 2.24) is 5.32 Å². The van der Waals surface area contributed by atoms with E-state index in [1.165, 1.54) is 44.9 Å². The highest BCUT2D eigenvalue weighted by Crippen LogP contribution is 2.36. The standard InChI is InChI=1S/C13H27N/c1-5-12(6-2)10-9-11-13(7-3,8-4)14-12/h14H,5-11H2,1-4H3. The van der Waals surface area contributed by atoms with Crippen LogP contribution in [0.4, 0.5) is 0 Å². The molecule has 0 saturated carbocycles. The Morgan fingerprint density at radius 3 is 1.43 bits per heavy atom. The first-order chi connectivity index (χ1) is 6.66. The topological polar surface area (TPSA) is 12.0 Å². The summed E-state index contributed by atoms with van der Waals surface area (Å²) in [4.78, 5) is 0. The molecule has 0 aromatic carbocycles. The number of hydrogen-bond donors (Lipinski definition) is 1. The van der Waals surface area contributed by atoms with Gasteiger partial charge in [-0.25, -0.2) is 0 Å². The minimum atomic E-state index is 0.449. The second-order valence-electron chi connectivity index (χ2n) is 4.95. The maximum absolute atomic E-state index is 3.98. The fourth-order valence-electron chi connectivity index (χ4n) is 3.01. The third-order valence-electron chi connectivity index (χ3n) is 4.55. The molecule has 84 valence electrons. The molecular formula is C13H27N. The van der Waals surface area contributed by atoms with E-state index in [1.807, 2.05) is 0 Å². The van der Waals surface area contributed by atoms with Gasteiger partial charge in [-0.15, -0.1) is 0 Å². The van der Waals surface area contributed by atoms with Crippen LogP contribution in [0.5, 0.6) is 0 Å². The summed E-state index contributed by atoms with van der Waals surface area (Å²) in [5.74, 6) is 0. The highest BCUT2D eigenvalue weighted by molar-refractivity contribution is 5.00. The monoisotopic (exact) mass is 197 g/mol. The Hall–Kier alpha value is -0.0400. The average Bonchev–Trinajstić information content (AvgIpc) is 2.29. The highest BCUT2D eigenvalue weighted by Gasteiger charge is 2.39. The van der Waals surface area contributed by atoms with E-state index in [-0.39, 0.29) is 0 Å². The van der Waals surface area contributed by atoms with Gasteiger partial charge >= 0.3 is 0 Å². The lowest BCUT2D eigenvalue weighted by Crippen LogP contribution is -2.60. The third kappa shape index (κ3) is 2.13. The molecule has 1 aliphatic heterocycles. The van der Waals surface area contributed by atoms with Crippen LogP contribution in [-0.2, 0) is 0 Å². The summed E-state index contributed by atoms with van der Waals surface area (Å²) in [6.07, 6.45) is 9.30. The lowest BCUT2D eigenvalue weighted by Gasteiger charge is -2.49. The van der Waals surface area contributed by atoms with Crippen molar-refractivity contribution in [3.05, 3.63) is 0 Å². The predicted octanol–water partition coefficient (Wildman–Crippen LogP) is 3.88. The maximum Gasteiger partial charge on any atom is 0.0181 e. The number of nitrogens with one attached hydrogen (secondary N) is 1. The van der Waals surface area contributed by atoms with Crippen LogP contribution >= 0.6 is 0 Å². The molecule has 0 unspecified atom stereocenters. The molecule has 1 saturated heterocycles. The first-order valence-electron chi connectivity index (χ1n) is 6.45. The van der Waals surface area contributed by atoms with Crippen LogP contribution in [0, 0.1) is 0 Å². The van der Waals surface area contributed by atoms with Crippen molar-refractivity contribution in [3.63, 3.8) is 0 Å². The molecule has 1 aliphatic rings. The molecule has 14 heavy (non-hydrogen) atoms. The van der Waals surface area contributed by atoms with Crippen LogP contribution < -0.4 is 5.32 Å². The SMILES string of the molecule is CCC1(CC)CCCC(CC)(CC)N1. The lowest BCUT2D eigenvalue weighted by atomic mass is 9.74. The molecule has 0 aromatic rings. The summed E-state index contributed by atoms with van der Waals surface area (Å²) in [7, 11) is 0. The molecule has 0 aromatic heterocycles. The molecule has 1 rings (SSSR count). The van der Waals surface area contributed by atoms with Crippen molar-refractivity contribution < 1.29 is 0 Å². The second kappa shape index (κ2) is 4.65. The molecule has 0 radical (unpaired) electrons. The van der Waals surface area contributed by atoms with Gasteiger partial charge in [0, 0.05) is 11.1 Å². The minimum absolute atomic E-state index is 0.449. The van der Waals surface area contributed by atoms with Crippen molar-refractivity contribution in [2.24, 2.45) is 0 Å². The Labute approximate surface area is 89.7 Å². The summed E-state index contributed by atoms with van der Waals surface area (Å²) in [6, 6.07) is 0. The smallest absolute Gasteiger partial charge is 0.0181 e. The zero-order chi connectivity index (χ0) is 10.7. The summed E-state index contributed by atoms with van der Waals surface area (Å²) >= 11 is 0. The molecule has 0 amide bonds. The normalized spacial score (nSPS) is 24.9. The molecule has 1 N–H and O–H groups in total. The third-order valence-corrected chi connectivity index (χ3v) is 4.55. The minimum Gasteiger partial charge on any atom is -0.306 e. The summed E-state index contributed by atoms with van der Waals surface area (Å²) in [5.41, 5.74) is 0.897. The van der Waals surface area contributed by atoms with Crippen LogP contribution in [0.25, 0.3) is 0 Å². The van der Waals surface area contributed by atoms with Gasteiger partial charge in [-0.05, 0) is 44.9 Å². The van der Waals surface area contributed by atoms with Crippen LogP contribution in [0.1, 0.15) is 72.6 Å². The van der Waals surface area contributed by atoms with Crippen molar-refractivity contribution >= 4 is 0 Å². The van der Waals surface area contributed by atoms with Gasteiger partial charge in [0.15, 0.2) is 0 Å². The van der Waals surface area contributed by atoms with Crippen LogP contribution in [0.2, 0.25) is 0 Å². The fraction of sp³-hybridized carbons (Fsp3) is 1.00. The summed E-state index contributed by atoms with van der Waals surface area (Å²) < 4.78 is 0. The Morgan fingerprint density at radius 2 is 1.14 bits per heavy atom. The van der Waals surface area contributed by atoms with E-state index in [9.17, 15) is 0 Å². The van der Waals surface area contributed by atoms with Gasteiger partial charge in [0.25, 0.3) is 0 Å². The molecule has 0 atom stereocenters. The largest absolute Gasteiger partial charge is 0.306 e. The van der Waals surface area contributed by atoms with E-state index in [0.717, 1.165) is 0 Å². The Morgan fingerprint density at radius 1 is 0.786 bits per heavy atom. The average molecular weight is 197 g/mol.